The lowest BCUT2D eigenvalue weighted by Gasteiger charge is -2.07. The molecule has 2 heterocycles. The molecule has 0 aliphatic rings. The summed E-state index contributed by atoms with van der Waals surface area (Å²) in [6.45, 7) is 3.67. The Morgan fingerprint density at radius 3 is 2.67 bits per heavy atom. The summed E-state index contributed by atoms with van der Waals surface area (Å²) in [5.41, 5.74) is 0.663. The molecule has 1 amide bonds. The number of nitrogens with one attached hydrogen (secondary N) is 1. The van der Waals surface area contributed by atoms with Crippen LogP contribution in [-0.4, -0.2) is 20.7 Å². The lowest BCUT2D eigenvalue weighted by atomic mass is 10.2. The standard InChI is InChI=1S/C12H13ClN4O/c1-8(2)12(18)16-10-3-4-11(14-6-10)17-7-9(13)5-15-17/h3-8H,1-2H3,(H,16,18). The number of aromatic nitrogens is 3. The third kappa shape index (κ3) is 2.87. The summed E-state index contributed by atoms with van der Waals surface area (Å²) in [7, 11) is 0. The highest BCUT2D eigenvalue weighted by Gasteiger charge is 2.07. The molecule has 0 radical (unpaired) electrons. The summed E-state index contributed by atoms with van der Waals surface area (Å²) in [5, 5.41) is 7.36. The lowest BCUT2D eigenvalue weighted by Crippen LogP contribution is -2.17. The molecule has 0 unspecified atom stereocenters. The van der Waals surface area contributed by atoms with Crippen molar-refractivity contribution in [3.8, 4) is 5.82 Å². The molecule has 6 heteroatoms. The van der Waals surface area contributed by atoms with Gasteiger partial charge in [0.15, 0.2) is 5.82 Å². The highest BCUT2D eigenvalue weighted by Crippen LogP contribution is 2.13. The number of hydrogen-bond acceptors (Lipinski definition) is 3. The van der Waals surface area contributed by atoms with E-state index in [4.69, 9.17) is 11.6 Å². The minimum absolute atomic E-state index is 0.0355. The SMILES string of the molecule is CC(C)C(=O)Nc1ccc(-n2cc(Cl)cn2)nc1. The lowest BCUT2D eigenvalue weighted by molar-refractivity contribution is -0.118. The van der Waals surface area contributed by atoms with Crippen LogP contribution in [0.4, 0.5) is 5.69 Å². The van der Waals surface area contributed by atoms with Crippen molar-refractivity contribution in [2.45, 2.75) is 13.8 Å². The van der Waals surface area contributed by atoms with Gasteiger partial charge in [0, 0.05) is 5.92 Å². The van der Waals surface area contributed by atoms with Crippen LogP contribution in [0.25, 0.3) is 5.82 Å². The zero-order valence-electron chi connectivity index (χ0n) is 10.1. The largest absolute Gasteiger partial charge is 0.325 e. The van der Waals surface area contributed by atoms with Gasteiger partial charge in [-0.25, -0.2) is 9.67 Å². The molecule has 0 spiro atoms. The fraction of sp³-hybridized carbons (Fsp3) is 0.250. The van der Waals surface area contributed by atoms with Crippen LogP contribution in [0.15, 0.2) is 30.7 Å². The van der Waals surface area contributed by atoms with Crippen LogP contribution in [0.5, 0.6) is 0 Å². The van der Waals surface area contributed by atoms with Gasteiger partial charge in [0.2, 0.25) is 5.91 Å². The van der Waals surface area contributed by atoms with Gasteiger partial charge < -0.3 is 5.32 Å². The van der Waals surface area contributed by atoms with Crippen LogP contribution in [0.2, 0.25) is 5.02 Å². The first kappa shape index (κ1) is 12.6. The van der Waals surface area contributed by atoms with Gasteiger partial charge in [0.05, 0.1) is 29.3 Å². The number of carbonyl (C=O) groups is 1. The molecule has 94 valence electrons. The van der Waals surface area contributed by atoms with Crippen molar-refractivity contribution in [1.29, 1.82) is 0 Å². The smallest absolute Gasteiger partial charge is 0.226 e. The molecule has 2 rings (SSSR count). The van der Waals surface area contributed by atoms with Crippen molar-refractivity contribution in [3.05, 3.63) is 35.7 Å². The van der Waals surface area contributed by atoms with E-state index in [1.807, 2.05) is 13.8 Å². The highest BCUT2D eigenvalue weighted by atomic mass is 35.5. The van der Waals surface area contributed by atoms with Crippen LogP contribution in [0.3, 0.4) is 0 Å². The summed E-state index contributed by atoms with van der Waals surface area (Å²) < 4.78 is 1.57. The van der Waals surface area contributed by atoms with Crippen LogP contribution < -0.4 is 5.32 Å². The summed E-state index contributed by atoms with van der Waals surface area (Å²) in [5.74, 6) is 0.547. The third-order valence-corrected chi connectivity index (χ3v) is 2.52. The molecule has 0 saturated carbocycles. The average molecular weight is 265 g/mol. The van der Waals surface area contributed by atoms with Crippen molar-refractivity contribution in [2.75, 3.05) is 5.32 Å². The number of anilines is 1. The number of halogens is 1. The molecule has 0 aliphatic carbocycles. The minimum Gasteiger partial charge on any atom is -0.325 e. The first-order valence-corrected chi connectivity index (χ1v) is 5.91. The molecule has 0 bridgehead atoms. The number of carbonyl (C=O) groups excluding carboxylic acids is 1. The van der Waals surface area contributed by atoms with Gasteiger partial charge in [-0.3, -0.25) is 4.79 Å². The number of hydrogen-bond donors (Lipinski definition) is 1. The zero-order chi connectivity index (χ0) is 13.1. The Morgan fingerprint density at radius 2 is 2.17 bits per heavy atom. The molecule has 18 heavy (non-hydrogen) atoms. The third-order valence-electron chi connectivity index (χ3n) is 2.33. The molecule has 5 nitrogen and oxygen atoms in total. The molecule has 2 aromatic rings. The van der Waals surface area contributed by atoms with Crippen LogP contribution in [0.1, 0.15) is 13.8 Å². The minimum atomic E-state index is -0.0606. The Labute approximate surface area is 110 Å². The van der Waals surface area contributed by atoms with Crippen molar-refractivity contribution < 1.29 is 4.79 Å². The molecule has 2 aromatic heterocycles. The van der Waals surface area contributed by atoms with Gasteiger partial charge in [-0.05, 0) is 12.1 Å². The van der Waals surface area contributed by atoms with Gasteiger partial charge in [0.25, 0.3) is 0 Å². The van der Waals surface area contributed by atoms with E-state index in [0.717, 1.165) is 0 Å². The maximum absolute atomic E-state index is 11.5. The van der Waals surface area contributed by atoms with E-state index in [2.05, 4.69) is 15.4 Å². The van der Waals surface area contributed by atoms with E-state index in [0.29, 0.717) is 16.5 Å². The number of rotatable bonds is 3. The van der Waals surface area contributed by atoms with Crippen LogP contribution >= 0.6 is 11.6 Å². The maximum atomic E-state index is 11.5. The zero-order valence-corrected chi connectivity index (χ0v) is 10.8. The molecule has 0 aromatic carbocycles. The van der Waals surface area contributed by atoms with Gasteiger partial charge in [-0.2, -0.15) is 5.10 Å². The Balaban J connectivity index is 2.13. The molecule has 0 fully saturated rings. The highest BCUT2D eigenvalue weighted by molar-refractivity contribution is 6.30. The summed E-state index contributed by atoms with van der Waals surface area (Å²) in [6, 6.07) is 3.54. The molecular formula is C12H13ClN4O. The predicted octanol–water partition coefficient (Wildman–Crippen LogP) is 2.52. The molecule has 0 atom stereocenters. The fourth-order valence-electron chi connectivity index (χ4n) is 1.31. The quantitative estimate of drug-likeness (QED) is 0.927. The molecule has 0 saturated heterocycles. The topological polar surface area (TPSA) is 59.8 Å². The van der Waals surface area contributed by atoms with E-state index in [1.165, 1.54) is 6.20 Å². The Morgan fingerprint density at radius 1 is 1.39 bits per heavy atom. The predicted molar refractivity (Wildman–Crippen MR) is 69.8 cm³/mol. The van der Waals surface area contributed by atoms with Crippen LogP contribution in [-0.2, 0) is 4.79 Å². The second-order valence-electron chi connectivity index (χ2n) is 4.15. The van der Waals surface area contributed by atoms with E-state index >= 15 is 0 Å². The Hall–Kier alpha value is -1.88. The molecule has 0 aliphatic heterocycles. The van der Waals surface area contributed by atoms with Gasteiger partial charge >= 0.3 is 0 Å². The fourth-order valence-corrected chi connectivity index (χ4v) is 1.44. The number of nitrogens with zero attached hydrogens (tertiary/aromatic N) is 3. The summed E-state index contributed by atoms with van der Waals surface area (Å²) in [6.07, 6.45) is 4.79. The summed E-state index contributed by atoms with van der Waals surface area (Å²) in [4.78, 5) is 15.7. The van der Waals surface area contributed by atoms with Gasteiger partial charge in [-0.15, -0.1) is 0 Å². The maximum Gasteiger partial charge on any atom is 0.226 e. The van der Waals surface area contributed by atoms with Crippen molar-refractivity contribution in [1.82, 2.24) is 14.8 Å². The van der Waals surface area contributed by atoms with Crippen LogP contribution in [0, 0.1) is 5.92 Å². The van der Waals surface area contributed by atoms with E-state index in [9.17, 15) is 4.79 Å². The van der Waals surface area contributed by atoms with Crippen molar-refractivity contribution in [2.24, 2.45) is 5.92 Å². The Bertz CT molecular complexity index is 547. The van der Waals surface area contributed by atoms with Gasteiger partial charge in [0.1, 0.15) is 0 Å². The first-order valence-electron chi connectivity index (χ1n) is 5.54. The van der Waals surface area contributed by atoms with E-state index < -0.39 is 0 Å². The monoisotopic (exact) mass is 264 g/mol. The second kappa shape index (κ2) is 5.18. The number of amides is 1. The van der Waals surface area contributed by atoms with E-state index in [-0.39, 0.29) is 11.8 Å². The average Bonchev–Trinajstić information content (AvgIpc) is 2.76. The summed E-state index contributed by atoms with van der Waals surface area (Å²) >= 11 is 5.78. The number of pyridine rings is 1. The van der Waals surface area contributed by atoms with Crippen molar-refractivity contribution >= 4 is 23.2 Å². The first-order chi connectivity index (χ1) is 8.56. The van der Waals surface area contributed by atoms with Gasteiger partial charge in [-0.1, -0.05) is 25.4 Å². The van der Waals surface area contributed by atoms with Crippen molar-refractivity contribution in [3.63, 3.8) is 0 Å². The molecular weight excluding hydrogens is 252 g/mol. The second-order valence-corrected chi connectivity index (χ2v) is 4.59. The van der Waals surface area contributed by atoms with E-state index in [1.54, 1.807) is 29.2 Å². The normalized spacial score (nSPS) is 10.7. The Kier molecular flexibility index (Phi) is 3.62. The molecule has 1 N–H and O–H groups in total.